The molecule has 0 rings (SSSR count). The summed E-state index contributed by atoms with van der Waals surface area (Å²) in [5.41, 5.74) is -0.0817. The van der Waals surface area contributed by atoms with Gasteiger partial charge in [0.05, 0.1) is 6.42 Å². The van der Waals surface area contributed by atoms with E-state index < -0.39 is 24.9 Å². The fraction of sp³-hybridized carbons (Fsp3) is 0.909. The zero-order chi connectivity index (χ0) is 13.5. The molecule has 0 saturated carbocycles. The summed E-state index contributed by atoms with van der Waals surface area (Å²) < 4.78 is 35.6. The van der Waals surface area contributed by atoms with Gasteiger partial charge in [-0.15, -0.1) is 0 Å². The van der Waals surface area contributed by atoms with Crippen LogP contribution in [0.3, 0.4) is 0 Å². The Kier molecular flexibility index (Phi) is 7.13. The van der Waals surface area contributed by atoms with Crippen LogP contribution in [-0.2, 0) is 4.79 Å². The minimum atomic E-state index is -4.26. The van der Waals surface area contributed by atoms with E-state index in [1.54, 1.807) is 0 Å². The van der Waals surface area contributed by atoms with Crippen LogP contribution >= 0.6 is 15.9 Å². The van der Waals surface area contributed by atoms with Crippen LogP contribution in [0, 0.1) is 5.41 Å². The summed E-state index contributed by atoms with van der Waals surface area (Å²) in [5, 5.41) is 3.44. The second-order valence-corrected chi connectivity index (χ2v) is 5.64. The van der Waals surface area contributed by atoms with Gasteiger partial charge in [0.25, 0.3) is 0 Å². The molecule has 2 nitrogen and oxygen atoms in total. The van der Waals surface area contributed by atoms with E-state index in [9.17, 15) is 18.0 Å². The summed E-state index contributed by atoms with van der Waals surface area (Å²) in [7, 11) is 0. The van der Waals surface area contributed by atoms with E-state index in [1.165, 1.54) is 0 Å². The number of halogens is 4. The summed E-state index contributed by atoms with van der Waals surface area (Å²) in [6.07, 6.45) is -3.91. The van der Waals surface area contributed by atoms with Crippen LogP contribution in [0.4, 0.5) is 13.2 Å². The average molecular weight is 318 g/mol. The van der Waals surface area contributed by atoms with Crippen LogP contribution in [-0.4, -0.2) is 24.0 Å². The Labute approximate surface area is 108 Å². The summed E-state index contributed by atoms with van der Waals surface area (Å²) in [4.78, 5) is 11.2. The van der Waals surface area contributed by atoms with Crippen molar-refractivity contribution in [2.75, 3.05) is 11.9 Å². The first-order chi connectivity index (χ1) is 7.66. The molecule has 102 valence electrons. The molecule has 0 spiro atoms. The van der Waals surface area contributed by atoms with E-state index in [4.69, 9.17) is 0 Å². The highest BCUT2D eigenvalue weighted by atomic mass is 79.9. The molecule has 1 amide bonds. The maximum atomic E-state index is 11.9. The third-order valence-corrected chi connectivity index (χ3v) is 2.95. The molecule has 0 saturated heterocycles. The van der Waals surface area contributed by atoms with Crippen molar-refractivity contribution in [3.05, 3.63) is 0 Å². The topological polar surface area (TPSA) is 29.1 Å². The Morgan fingerprint density at radius 2 is 1.82 bits per heavy atom. The van der Waals surface area contributed by atoms with Crippen LogP contribution < -0.4 is 5.32 Å². The maximum Gasteiger partial charge on any atom is 0.389 e. The average Bonchev–Trinajstić information content (AvgIpc) is 2.20. The zero-order valence-electron chi connectivity index (χ0n) is 10.2. The van der Waals surface area contributed by atoms with Gasteiger partial charge in [-0.05, 0) is 18.3 Å². The normalized spacial score (nSPS) is 12.6. The molecular formula is C11H19BrF3NO. The van der Waals surface area contributed by atoms with Crippen molar-refractivity contribution in [3.63, 3.8) is 0 Å². The highest BCUT2D eigenvalue weighted by molar-refractivity contribution is 9.09. The van der Waals surface area contributed by atoms with Gasteiger partial charge in [-0.2, -0.15) is 13.2 Å². The van der Waals surface area contributed by atoms with E-state index in [2.05, 4.69) is 21.2 Å². The molecule has 0 aromatic carbocycles. The molecular weight excluding hydrogens is 299 g/mol. The Morgan fingerprint density at radius 1 is 1.24 bits per heavy atom. The van der Waals surface area contributed by atoms with Gasteiger partial charge in [-0.3, -0.25) is 4.79 Å². The monoisotopic (exact) mass is 317 g/mol. The number of amides is 1. The summed E-state index contributed by atoms with van der Waals surface area (Å²) in [6.45, 7) is 4.39. The molecule has 0 aromatic heterocycles. The minimum absolute atomic E-state index is 0.0817. The first-order valence-corrected chi connectivity index (χ1v) is 6.68. The van der Waals surface area contributed by atoms with Crippen LogP contribution in [0.2, 0.25) is 0 Å². The maximum absolute atomic E-state index is 11.9. The molecule has 0 heterocycles. The van der Waals surface area contributed by atoms with E-state index >= 15 is 0 Å². The first-order valence-electron chi connectivity index (χ1n) is 5.56. The molecule has 0 bridgehead atoms. The summed E-state index contributed by atoms with van der Waals surface area (Å²) in [6, 6.07) is 0. The number of hydrogen-bond acceptors (Lipinski definition) is 1. The lowest BCUT2D eigenvalue weighted by Gasteiger charge is -2.24. The van der Waals surface area contributed by atoms with Gasteiger partial charge in [0.15, 0.2) is 0 Å². The lowest BCUT2D eigenvalue weighted by molar-refractivity contribution is -0.144. The van der Waals surface area contributed by atoms with Crippen LogP contribution in [0.5, 0.6) is 0 Å². The van der Waals surface area contributed by atoms with Gasteiger partial charge in [-0.1, -0.05) is 29.8 Å². The van der Waals surface area contributed by atoms with Crippen molar-refractivity contribution in [2.24, 2.45) is 5.41 Å². The van der Waals surface area contributed by atoms with E-state index in [0.29, 0.717) is 6.54 Å². The highest BCUT2D eigenvalue weighted by Gasteiger charge is 2.28. The van der Waals surface area contributed by atoms with Gasteiger partial charge in [0.1, 0.15) is 0 Å². The first kappa shape index (κ1) is 16.7. The number of hydrogen-bond donors (Lipinski definition) is 1. The Bertz CT molecular complexity index is 241. The molecule has 0 aliphatic carbocycles. The van der Waals surface area contributed by atoms with E-state index in [-0.39, 0.29) is 5.41 Å². The molecule has 17 heavy (non-hydrogen) atoms. The molecule has 6 heteroatoms. The lowest BCUT2D eigenvalue weighted by atomic mass is 9.88. The zero-order valence-corrected chi connectivity index (χ0v) is 11.7. The number of carbonyl (C=O) groups is 1. The predicted molar refractivity (Wildman–Crippen MR) is 65.1 cm³/mol. The van der Waals surface area contributed by atoms with Crippen LogP contribution in [0.25, 0.3) is 0 Å². The fourth-order valence-corrected chi connectivity index (χ4v) is 1.60. The Hall–Kier alpha value is -0.260. The smallest absolute Gasteiger partial charge is 0.356 e. The molecule has 0 aliphatic heterocycles. The minimum Gasteiger partial charge on any atom is -0.356 e. The third-order valence-electron chi connectivity index (χ3n) is 2.39. The fourth-order valence-electron chi connectivity index (χ4n) is 1.32. The van der Waals surface area contributed by atoms with Crippen LogP contribution in [0.1, 0.15) is 39.5 Å². The van der Waals surface area contributed by atoms with Crippen molar-refractivity contribution in [1.82, 2.24) is 5.32 Å². The molecule has 0 radical (unpaired) electrons. The highest BCUT2D eigenvalue weighted by Crippen LogP contribution is 2.23. The van der Waals surface area contributed by atoms with Gasteiger partial charge >= 0.3 is 6.18 Å². The van der Waals surface area contributed by atoms with Gasteiger partial charge in [0.2, 0.25) is 5.91 Å². The summed E-state index contributed by atoms with van der Waals surface area (Å²) >= 11 is 3.32. The van der Waals surface area contributed by atoms with Crippen molar-refractivity contribution >= 4 is 21.8 Å². The SMILES string of the molecule is CC(C)(CCCBr)CNC(=O)CCC(F)(F)F. The van der Waals surface area contributed by atoms with Crippen molar-refractivity contribution in [1.29, 1.82) is 0 Å². The summed E-state index contributed by atoms with van der Waals surface area (Å²) in [5.74, 6) is -0.533. The number of rotatable bonds is 7. The van der Waals surface area contributed by atoms with Crippen LogP contribution in [0.15, 0.2) is 0 Å². The number of nitrogens with one attached hydrogen (secondary N) is 1. The lowest BCUT2D eigenvalue weighted by Crippen LogP contribution is -2.34. The van der Waals surface area contributed by atoms with E-state index in [1.807, 2.05) is 13.8 Å². The molecule has 0 aliphatic rings. The second-order valence-electron chi connectivity index (χ2n) is 4.85. The van der Waals surface area contributed by atoms with Gasteiger partial charge in [-0.25, -0.2) is 0 Å². The number of alkyl halides is 4. The molecule has 0 aromatic rings. The van der Waals surface area contributed by atoms with Gasteiger partial charge in [0, 0.05) is 18.3 Å². The predicted octanol–water partition coefficient (Wildman–Crippen LogP) is 3.65. The standard InChI is InChI=1S/C11H19BrF3NO/c1-10(2,5-3-7-12)8-16-9(17)4-6-11(13,14)15/h3-8H2,1-2H3,(H,16,17). The van der Waals surface area contributed by atoms with Gasteiger partial charge < -0.3 is 5.32 Å². The Morgan fingerprint density at radius 3 is 2.29 bits per heavy atom. The van der Waals surface area contributed by atoms with Crippen molar-refractivity contribution < 1.29 is 18.0 Å². The molecule has 0 fully saturated rings. The Balaban J connectivity index is 3.83. The molecule has 0 atom stereocenters. The van der Waals surface area contributed by atoms with Crippen molar-refractivity contribution in [2.45, 2.75) is 45.7 Å². The van der Waals surface area contributed by atoms with Crippen molar-refractivity contribution in [3.8, 4) is 0 Å². The van der Waals surface area contributed by atoms with E-state index in [0.717, 1.165) is 18.2 Å². The molecule has 1 N–H and O–H groups in total. The quantitative estimate of drug-likeness (QED) is 0.713. The second kappa shape index (κ2) is 7.24. The number of carbonyl (C=O) groups excluding carboxylic acids is 1. The largest absolute Gasteiger partial charge is 0.389 e. The molecule has 0 unspecified atom stereocenters. The third kappa shape index (κ3) is 10.6.